The minimum atomic E-state index is 0.277. The highest BCUT2D eigenvalue weighted by atomic mass is 16.5. The molecule has 1 aliphatic heterocycles. The van der Waals surface area contributed by atoms with Gasteiger partial charge in [-0.25, -0.2) is 0 Å². The first-order valence-electron chi connectivity index (χ1n) is 6.58. The van der Waals surface area contributed by atoms with Crippen molar-refractivity contribution >= 4 is 0 Å². The van der Waals surface area contributed by atoms with Crippen LogP contribution in [0.15, 0.2) is 28.8 Å². The molecule has 2 heterocycles. The van der Waals surface area contributed by atoms with Crippen molar-refractivity contribution < 1.29 is 4.52 Å². The number of hydrogen-bond acceptors (Lipinski definition) is 5. The van der Waals surface area contributed by atoms with Crippen LogP contribution in [0.2, 0.25) is 0 Å². The van der Waals surface area contributed by atoms with Gasteiger partial charge in [0.15, 0.2) is 0 Å². The minimum Gasteiger partial charge on any atom is -0.338 e. The molecule has 1 atom stereocenters. The van der Waals surface area contributed by atoms with Crippen LogP contribution in [0.1, 0.15) is 23.8 Å². The van der Waals surface area contributed by atoms with Gasteiger partial charge in [0.2, 0.25) is 11.7 Å². The van der Waals surface area contributed by atoms with Gasteiger partial charge in [-0.2, -0.15) is 4.98 Å². The van der Waals surface area contributed by atoms with Crippen LogP contribution < -0.4 is 5.73 Å². The Morgan fingerprint density at radius 2 is 2.16 bits per heavy atom. The van der Waals surface area contributed by atoms with E-state index in [4.69, 9.17) is 10.3 Å². The summed E-state index contributed by atoms with van der Waals surface area (Å²) in [5, 5.41) is 3.92. The lowest BCUT2D eigenvalue weighted by molar-refractivity contribution is 0.380. The van der Waals surface area contributed by atoms with E-state index >= 15 is 0 Å². The smallest absolute Gasteiger partial charge is 0.240 e. The van der Waals surface area contributed by atoms with Crippen molar-refractivity contribution in [2.24, 2.45) is 5.73 Å². The number of rotatable bonds is 3. The van der Waals surface area contributed by atoms with Crippen molar-refractivity contribution in [3.05, 3.63) is 35.7 Å². The summed E-state index contributed by atoms with van der Waals surface area (Å²) >= 11 is 0. The Morgan fingerprint density at radius 3 is 2.74 bits per heavy atom. The number of nitrogens with zero attached hydrogens (tertiary/aromatic N) is 3. The minimum absolute atomic E-state index is 0.277. The summed E-state index contributed by atoms with van der Waals surface area (Å²) in [5.41, 5.74) is 7.82. The fourth-order valence-electron chi connectivity index (χ4n) is 2.57. The lowest BCUT2D eigenvalue weighted by Crippen LogP contribution is -2.13. The summed E-state index contributed by atoms with van der Waals surface area (Å²) < 4.78 is 5.02. The number of benzene rings is 1. The molecule has 0 spiro atoms. The second-order valence-electron chi connectivity index (χ2n) is 5.09. The molecule has 1 aliphatic rings. The molecule has 0 bridgehead atoms. The van der Waals surface area contributed by atoms with E-state index in [2.05, 4.69) is 46.4 Å². The topological polar surface area (TPSA) is 68.2 Å². The van der Waals surface area contributed by atoms with Crippen LogP contribution in [-0.4, -0.2) is 35.2 Å². The summed E-state index contributed by atoms with van der Waals surface area (Å²) in [6.45, 7) is 2.59. The first-order chi connectivity index (χ1) is 9.26. The van der Waals surface area contributed by atoms with Crippen LogP contribution in [0, 0.1) is 0 Å². The highest BCUT2D eigenvalue weighted by Gasteiger charge is 2.21. The Morgan fingerprint density at radius 1 is 1.37 bits per heavy atom. The van der Waals surface area contributed by atoms with Gasteiger partial charge in [-0.3, -0.25) is 0 Å². The van der Waals surface area contributed by atoms with Crippen molar-refractivity contribution in [1.29, 1.82) is 0 Å². The second kappa shape index (κ2) is 5.11. The molecule has 1 aromatic heterocycles. The van der Waals surface area contributed by atoms with Gasteiger partial charge in [-0.05, 0) is 31.5 Å². The molecular formula is C14H18N4O. The zero-order chi connectivity index (χ0) is 13.2. The molecule has 19 heavy (non-hydrogen) atoms. The highest BCUT2D eigenvalue weighted by Crippen LogP contribution is 2.27. The number of aromatic nitrogens is 2. The van der Waals surface area contributed by atoms with E-state index in [1.165, 1.54) is 18.5 Å². The molecule has 0 saturated carbocycles. The Kier molecular flexibility index (Phi) is 3.31. The fourth-order valence-corrected chi connectivity index (χ4v) is 2.57. The third kappa shape index (κ3) is 2.52. The average Bonchev–Trinajstić information content (AvgIpc) is 3.07. The van der Waals surface area contributed by atoms with Gasteiger partial charge in [-0.15, -0.1) is 0 Å². The average molecular weight is 258 g/mol. The molecule has 0 aliphatic carbocycles. The molecule has 1 unspecified atom stereocenters. The quantitative estimate of drug-likeness (QED) is 0.906. The largest absolute Gasteiger partial charge is 0.338 e. The van der Waals surface area contributed by atoms with Crippen LogP contribution in [0.25, 0.3) is 11.4 Å². The SMILES string of the molecule is CN1CCC(c2ccc(-c3noc(CN)n3)cc2)C1. The molecule has 100 valence electrons. The maximum atomic E-state index is 5.46. The van der Waals surface area contributed by atoms with E-state index in [-0.39, 0.29) is 6.54 Å². The molecule has 1 aromatic carbocycles. The first-order valence-corrected chi connectivity index (χ1v) is 6.58. The molecule has 0 amide bonds. The van der Waals surface area contributed by atoms with E-state index in [1.54, 1.807) is 0 Å². The zero-order valence-electron chi connectivity index (χ0n) is 11.0. The van der Waals surface area contributed by atoms with Crippen molar-refractivity contribution in [1.82, 2.24) is 15.0 Å². The molecule has 5 nitrogen and oxygen atoms in total. The van der Waals surface area contributed by atoms with Gasteiger partial charge in [-0.1, -0.05) is 29.4 Å². The van der Waals surface area contributed by atoms with Gasteiger partial charge < -0.3 is 15.2 Å². The van der Waals surface area contributed by atoms with E-state index < -0.39 is 0 Å². The predicted molar refractivity (Wildman–Crippen MR) is 72.5 cm³/mol. The van der Waals surface area contributed by atoms with Gasteiger partial charge >= 0.3 is 0 Å². The van der Waals surface area contributed by atoms with Crippen LogP contribution in [0.3, 0.4) is 0 Å². The standard InChI is InChI=1S/C14H18N4O/c1-18-7-6-12(9-18)10-2-4-11(5-3-10)14-16-13(8-15)19-17-14/h2-5,12H,6-9,15H2,1H3. The maximum Gasteiger partial charge on any atom is 0.240 e. The Balaban J connectivity index is 1.78. The lowest BCUT2D eigenvalue weighted by Gasteiger charge is -2.10. The van der Waals surface area contributed by atoms with Crippen molar-refractivity contribution in [3.8, 4) is 11.4 Å². The van der Waals surface area contributed by atoms with E-state index in [0.29, 0.717) is 17.6 Å². The van der Waals surface area contributed by atoms with Crippen molar-refractivity contribution in [3.63, 3.8) is 0 Å². The summed E-state index contributed by atoms with van der Waals surface area (Å²) in [5.74, 6) is 1.72. The summed E-state index contributed by atoms with van der Waals surface area (Å²) in [6, 6.07) is 8.44. The summed E-state index contributed by atoms with van der Waals surface area (Å²) in [6.07, 6.45) is 1.23. The first kappa shape index (κ1) is 12.3. The van der Waals surface area contributed by atoms with Gasteiger partial charge in [0.05, 0.1) is 6.54 Å². The lowest BCUT2D eigenvalue weighted by atomic mass is 9.97. The van der Waals surface area contributed by atoms with Crippen LogP contribution in [0.5, 0.6) is 0 Å². The molecule has 2 aromatic rings. The Bertz CT molecular complexity index is 549. The van der Waals surface area contributed by atoms with Crippen LogP contribution in [-0.2, 0) is 6.54 Å². The monoisotopic (exact) mass is 258 g/mol. The molecular weight excluding hydrogens is 240 g/mol. The van der Waals surface area contributed by atoms with Gasteiger partial charge in [0, 0.05) is 12.1 Å². The van der Waals surface area contributed by atoms with Crippen LogP contribution in [0.4, 0.5) is 0 Å². The normalized spacial score (nSPS) is 20.0. The Hall–Kier alpha value is -1.72. The van der Waals surface area contributed by atoms with Crippen molar-refractivity contribution in [2.75, 3.05) is 20.1 Å². The summed E-state index contributed by atoms with van der Waals surface area (Å²) in [4.78, 5) is 6.59. The van der Waals surface area contributed by atoms with E-state index in [0.717, 1.165) is 12.1 Å². The maximum absolute atomic E-state index is 5.46. The third-order valence-electron chi connectivity index (χ3n) is 3.67. The molecule has 1 fully saturated rings. The molecule has 0 radical (unpaired) electrons. The highest BCUT2D eigenvalue weighted by molar-refractivity contribution is 5.54. The molecule has 1 saturated heterocycles. The molecule has 2 N–H and O–H groups in total. The second-order valence-corrected chi connectivity index (χ2v) is 5.09. The number of hydrogen-bond donors (Lipinski definition) is 1. The summed E-state index contributed by atoms with van der Waals surface area (Å²) in [7, 11) is 2.17. The fraction of sp³-hybridized carbons (Fsp3) is 0.429. The third-order valence-corrected chi connectivity index (χ3v) is 3.67. The molecule has 3 rings (SSSR count). The van der Waals surface area contributed by atoms with E-state index in [9.17, 15) is 0 Å². The van der Waals surface area contributed by atoms with Gasteiger partial charge in [0.1, 0.15) is 0 Å². The number of likely N-dealkylation sites (N-methyl/N-ethyl adjacent to an activating group) is 1. The Labute approximate surface area is 112 Å². The predicted octanol–water partition coefficient (Wildman–Crippen LogP) is 1.61. The van der Waals surface area contributed by atoms with E-state index in [1.807, 2.05) is 0 Å². The number of nitrogens with two attached hydrogens (primary N) is 1. The van der Waals surface area contributed by atoms with Crippen molar-refractivity contribution in [2.45, 2.75) is 18.9 Å². The molecule has 5 heteroatoms. The van der Waals surface area contributed by atoms with Gasteiger partial charge in [0.25, 0.3) is 0 Å². The van der Waals surface area contributed by atoms with Crippen LogP contribution >= 0.6 is 0 Å². The zero-order valence-corrected chi connectivity index (χ0v) is 11.0. The number of likely N-dealkylation sites (tertiary alicyclic amines) is 1.